The minimum Gasteiger partial charge on any atom is -0.453 e. The summed E-state index contributed by atoms with van der Waals surface area (Å²) < 4.78 is 6.01. The predicted octanol–water partition coefficient (Wildman–Crippen LogP) is 0.499. The number of hydrogen-bond acceptors (Lipinski definition) is 6. The summed E-state index contributed by atoms with van der Waals surface area (Å²) in [6.45, 7) is 2.49. The summed E-state index contributed by atoms with van der Waals surface area (Å²) >= 11 is 0. The van der Waals surface area contributed by atoms with E-state index >= 15 is 0 Å². The van der Waals surface area contributed by atoms with Crippen LogP contribution in [0.15, 0.2) is 0 Å². The Balaban J connectivity index is 2.06. The number of hydrogen-bond donors (Lipinski definition) is 1. The fourth-order valence-electron chi connectivity index (χ4n) is 2.07. The number of carbonyl (C=O) groups excluding carboxylic acids is 1. The topological polar surface area (TPSA) is 103 Å². The van der Waals surface area contributed by atoms with Gasteiger partial charge < -0.3 is 15.0 Å². The number of amides is 1. The molecule has 0 spiro atoms. The number of aromatic nitrogens is 2. The van der Waals surface area contributed by atoms with E-state index in [-0.39, 0.29) is 11.7 Å². The van der Waals surface area contributed by atoms with Crippen LogP contribution in [-0.2, 0) is 11.8 Å². The first kappa shape index (κ1) is 13.1. The molecule has 1 amide bonds. The van der Waals surface area contributed by atoms with Gasteiger partial charge in [0.15, 0.2) is 0 Å². The number of nitro groups is 1. The maximum atomic E-state index is 11.2. The van der Waals surface area contributed by atoms with Crippen molar-refractivity contribution in [1.82, 2.24) is 14.7 Å². The van der Waals surface area contributed by atoms with Crippen molar-refractivity contribution < 1.29 is 14.5 Å². The van der Waals surface area contributed by atoms with Crippen LogP contribution in [0.1, 0.15) is 5.69 Å². The van der Waals surface area contributed by atoms with E-state index in [2.05, 4.69) is 15.2 Å². The van der Waals surface area contributed by atoms with Gasteiger partial charge in [-0.15, -0.1) is 0 Å². The van der Waals surface area contributed by atoms with E-state index in [1.807, 2.05) is 0 Å². The maximum absolute atomic E-state index is 11.2. The molecule has 1 aromatic heterocycles. The molecule has 104 valence electrons. The molecule has 9 nitrogen and oxygen atoms in total. The number of anilines is 1. The second-order valence-electron chi connectivity index (χ2n) is 4.38. The van der Waals surface area contributed by atoms with Gasteiger partial charge in [0.25, 0.3) is 0 Å². The van der Waals surface area contributed by atoms with Gasteiger partial charge in [-0.1, -0.05) is 0 Å². The fourth-order valence-corrected chi connectivity index (χ4v) is 2.07. The zero-order chi connectivity index (χ0) is 14.2. The normalized spacial score (nSPS) is 15.0. The maximum Gasteiger partial charge on any atom is 0.409 e. The van der Waals surface area contributed by atoms with Gasteiger partial charge in [-0.2, -0.15) is 5.10 Å². The summed E-state index contributed by atoms with van der Waals surface area (Å²) in [6.07, 6.45) is -0.395. The molecule has 0 aromatic carbocycles. The van der Waals surface area contributed by atoms with Gasteiger partial charge in [-0.05, 0) is 6.92 Å². The molecule has 1 fully saturated rings. The highest BCUT2D eigenvalue weighted by Gasteiger charge is 2.34. The van der Waals surface area contributed by atoms with E-state index in [0.29, 0.717) is 24.6 Å². The van der Waals surface area contributed by atoms with Gasteiger partial charge in [0, 0.05) is 20.1 Å². The van der Waals surface area contributed by atoms with E-state index < -0.39 is 11.0 Å². The van der Waals surface area contributed by atoms with Crippen LogP contribution in [0.25, 0.3) is 0 Å². The number of nitrogens with zero attached hydrogens (tertiary/aromatic N) is 4. The molecule has 19 heavy (non-hydrogen) atoms. The molecule has 1 aromatic rings. The van der Waals surface area contributed by atoms with Crippen LogP contribution in [0.4, 0.5) is 16.3 Å². The lowest BCUT2D eigenvalue weighted by Gasteiger charge is -2.38. The molecule has 1 aliphatic rings. The molecule has 9 heteroatoms. The van der Waals surface area contributed by atoms with Crippen LogP contribution in [0.3, 0.4) is 0 Å². The minimum atomic E-state index is -0.457. The monoisotopic (exact) mass is 269 g/mol. The van der Waals surface area contributed by atoms with Crippen LogP contribution in [0, 0.1) is 17.0 Å². The average Bonchev–Trinajstić information content (AvgIpc) is 2.56. The van der Waals surface area contributed by atoms with Gasteiger partial charge in [-0.3, -0.25) is 10.1 Å². The molecule has 0 radical (unpaired) electrons. The molecular weight excluding hydrogens is 254 g/mol. The Morgan fingerprint density at radius 2 is 2.21 bits per heavy atom. The van der Waals surface area contributed by atoms with Gasteiger partial charge >= 0.3 is 11.8 Å². The highest BCUT2D eigenvalue weighted by molar-refractivity contribution is 5.69. The Morgan fingerprint density at radius 3 is 2.74 bits per heavy atom. The van der Waals surface area contributed by atoms with Gasteiger partial charge in [-0.25, -0.2) is 9.48 Å². The third-order valence-corrected chi connectivity index (χ3v) is 3.03. The lowest BCUT2D eigenvalue weighted by molar-refractivity contribution is -0.384. The van der Waals surface area contributed by atoms with Crippen molar-refractivity contribution in [3.8, 4) is 0 Å². The Hall–Kier alpha value is -2.32. The number of rotatable bonds is 3. The number of ether oxygens (including phenoxy) is 1. The molecule has 1 N–H and O–H groups in total. The molecule has 0 atom stereocenters. The van der Waals surface area contributed by atoms with Crippen LogP contribution >= 0.6 is 0 Å². The Labute approximate surface area is 109 Å². The number of aryl methyl sites for hydroxylation is 2. The number of methoxy groups -OCH3 is 1. The Kier molecular flexibility index (Phi) is 3.28. The second-order valence-corrected chi connectivity index (χ2v) is 4.38. The molecule has 0 bridgehead atoms. The summed E-state index contributed by atoms with van der Waals surface area (Å²) in [5.74, 6) is 0.358. The van der Waals surface area contributed by atoms with Crippen LogP contribution in [0.5, 0.6) is 0 Å². The van der Waals surface area contributed by atoms with E-state index in [0.717, 1.165) is 0 Å². The van der Waals surface area contributed by atoms with E-state index in [1.54, 1.807) is 14.0 Å². The Morgan fingerprint density at radius 1 is 1.58 bits per heavy atom. The molecule has 2 heterocycles. The van der Waals surface area contributed by atoms with E-state index in [1.165, 1.54) is 16.7 Å². The quantitative estimate of drug-likeness (QED) is 0.633. The van der Waals surface area contributed by atoms with E-state index in [4.69, 9.17) is 0 Å². The molecule has 0 unspecified atom stereocenters. The standard InChI is InChI=1S/C10H15N5O4/c1-6-8(15(17)18)9(13(2)12-6)11-7-4-14(5-7)10(16)19-3/h7,11H,4-5H2,1-3H3. The van der Waals surface area contributed by atoms with Crippen molar-refractivity contribution in [2.24, 2.45) is 7.05 Å². The lowest BCUT2D eigenvalue weighted by atomic mass is 10.1. The van der Waals surface area contributed by atoms with Crippen LogP contribution < -0.4 is 5.32 Å². The van der Waals surface area contributed by atoms with Crippen molar-refractivity contribution >= 4 is 17.6 Å². The highest BCUT2D eigenvalue weighted by atomic mass is 16.6. The number of nitrogens with one attached hydrogen (secondary N) is 1. The number of carbonyl (C=O) groups is 1. The van der Waals surface area contributed by atoms with Crippen molar-refractivity contribution in [3.63, 3.8) is 0 Å². The van der Waals surface area contributed by atoms with Gasteiger partial charge in [0.05, 0.1) is 18.1 Å². The molecule has 1 saturated heterocycles. The van der Waals surface area contributed by atoms with Crippen molar-refractivity contribution in [2.45, 2.75) is 13.0 Å². The number of likely N-dealkylation sites (tertiary alicyclic amines) is 1. The van der Waals surface area contributed by atoms with Gasteiger partial charge in [0.2, 0.25) is 5.82 Å². The zero-order valence-corrected chi connectivity index (χ0v) is 10.9. The van der Waals surface area contributed by atoms with Crippen LogP contribution in [0.2, 0.25) is 0 Å². The summed E-state index contributed by atoms with van der Waals surface area (Å²) in [6, 6.07) is -0.0346. The summed E-state index contributed by atoms with van der Waals surface area (Å²) in [5, 5.41) is 18.0. The van der Waals surface area contributed by atoms with Crippen molar-refractivity contribution in [1.29, 1.82) is 0 Å². The highest BCUT2D eigenvalue weighted by Crippen LogP contribution is 2.29. The smallest absolute Gasteiger partial charge is 0.409 e. The zero-order valence-electron chi connectivity index (χ0n) is 10.9. The first-order valence-electron chi connectivity index (χ1n) is 5.71. The summed E-state index contributed by atoms with van der Waals surface area (Å²) in [7, 11) is 2.96. The molecular formula is C10H15N5O4. The molecule has 0 saturated carbocycles. The van der Waals surface area contributed by atoms with Gasteiger partial charge in [0.1, 0.15) is 5.69 Å². The molecule has 1 aliphatic heterocycles. The lowest BCUT2D eigenvalue weighted by Crippen LogP contribution is -2.57. The minimum absolute atomic E-state index is 0.0287. The molecule has 2 rings (SSSR count). The second kappa shape index (κ2) is 4.75. The average molecular weight is 269 g/mol. The fraction of sp³-hybridized carbons (Fsp3) is 0.600. The Bertz CT molecular complexity index is 520. The first-order valence-corrected chi connectivity index (χ1v) is 5.71. The van der Waals surface area contributed by atoms with Crippen molar-refractivity contribution in [2.75, 3.05) is 25.5 Å². The summed E-state index contributed by atoms with van der Waals surface area (Å²) in [4.78, 5) is 23.2. The van der Waals surface area contributed by atoms with Crippen molar-refractivity contribution in [3.05, 3.63) is 15.8 Å². The SMILES string of the molecule is COC(=O)N1CC(Nc2c([N+](=O)[O-])c(C)nn2C)C1. The van der Waals surface area contributed by atoms with E-state index in [9.17, 15) is 14.9 Å². The van der Waals surface area contributed by atoms with Crippen LogP contribution in [-0.4, -0.2) is 51.9 Å². The predicted molar refractivity (Wildman–Crippen MR) is 66.0 cm³/mol. The third kappa shape index (κ3) is 2.30. The summed E-state index contributed by atoms with van der Waals surface area (Å²) in [5.41, 5.74) is 0.332. The third-order valence-electron chi connectivity index (χ3n) is 3.03. The largest absolute Gasteiger partial charge is 0.453 e. The molecule has 0 aliphatic carbocycles. The first-order chi connectivity index (χ1) is 8.93.